The Balaban J connectivity index is 1.87. The zero-order valence-electron chi connectivity index (χ0n) is 14.4. The first kappa shape index (κ1) is 18.9. The van der Waals surface area contributed by atoms with E-state index in [1.54, 1.807) is 5.01 Å². The van der Waals surface area contributed by atoms with Gasteiger partial charge >= 0.3 is 0 Å². The lowest BCUT2D eigenvalue weighted by molar-refractivity contribution is 0.264. The summed E-state index contributed by atoms with van der Waals surface area (Å²) in [5.74, 6) is 0.00171. The van der Waals surface area contributed by atoms with Gasteiger partial charge in [0, 0.05) is 18.2 Å². The Morgan fingerprint density at radius 2 is 2.19 bits per heavy atom. The SMILES string of the molecule is CCN/C(=N\S(=O)(=O)c1ccc(O)c(Cl)c1)N1CC2(C=N1)CCNCC2. The summed E-state index contributed by atoms with van der Waals surface area (Å²) >= 11 is 5.82. The number of hydrazone groups is 1. The second-order valence-corrected chi connectivity index (χ2v) is 8.46. The molecule has 0 radical (unpaired) electrons. The third kappa shape index (κ3) is 3.94. The number of benzene rings is 1. The highest BCUT2D eigenvalue weighted by atomic mass is 35.5. The second-order valence-electron chi connectivity index (χ2n) is 6.45. The van der Waals surface area contributed by atoms with E-state index in [9.17, 15) is 13.5 Å². The van der Waals surface area contributed by atoms with Crippen LogP contribution in [0.1, 0.15) is 19.8 Å². The molecule has 0 amide bonds. The quantitative estimate of drug-likeness (QED) is 0.523. The summed E-state index contributed by atoms with van der Waals surface area (Å²) in [4.78, 5) is -0.0875. The number of guanidine groups is 1. The Morgan fingerprint density at radius 3 is 2.85 bits per heavy atom. The summed E-state index contributed by atoms with van der Waals surface area (Å²) in [5.41, 5.74) is -0.0486. The van der Waals surface area contributed by atoms with Crippen molar-refractivity contribution in [3.63, 3.8) is 0 Å². The van der Waals surface area contributed by atoms with Gasteiger partial charge in [0.1, 0.15) is 5.75 Å². The lowest BCUT2D eigenvalue weighted by atomic mass is 9.81. The number of hydrogen-bond acceptors (Lipinski definition) is 5. The van der Waals surface area contributed by atoms with Gasteiger partial charge in [-0.3, -0.25) is 0 Å². The average Bonchev–Trinajstić information content (AvgIpc) is 3.01. The molecule has 1 saturated heterocycles. The first-order valence-electron chi connectivity index (χ1n) is 8.46. The number of phenolic OH excluding ortho intramolecular Hbond substituents is 1. The van der Waals surface area contributed by atoms with Gasteiger partial charge in [0.05, 0.1) is 16.5 Å². The van der Waals surface area contributed by atoms with E-state index in [0.717, 1.165) is 25.9 Å². The van der Waals surface area contributed by atoms with Gasteiger partial charge in [0.15, 0.2) is 0 Å². The highest BCUT2D eigenvalue weighted by Crippen LogP contribution is 2.32. The minimum atomic E-state index is -4.00. The van der Waals surface area contributed by atoms with Crippen LogP contribution < -0.4 is 10.6 Å². The molecule has 0 unspecified atom stereocenters. The van der Waals surface area contributed by atoms with E-state index >= 15 is 0 Å². The van der Waals surface area contributed by atoms with Crippen LogP contribution in [0.4, 0.5) is 0 Å². The fraction of sp³-hybridized carbons (Fsp3) is 0.500. The van der Waals surface area contributed by atoms with Crippen molar-refractivity contribution in [2.75, 3.05) is 26.2 Å². The summed E-state index contributed by atoms with van der Waals surface area (Å²) in [5, 5.41) is 21.7. The van der Waals surface area contributed by atoms with Gasteiger partial charge in [-0.2, -0.15) is 13.5 Å². The molecule has 1 aromatic carbocycles. The molecular weight excluding hydrogens is 378 g/mol. The maximum absolute atomic E-state index is 12.6. The van der Waals surface area contributed by atoms with E-state index in [1.165, 1.54) is 18.2 Å². The zero-order chi connectivity index (χ0) is 18.8. The Morgan fingerprint density at radius 1 is 1.46 bits per heavy atom. The van der Waals surface area contributed by atoms with Crippen LogP contribution in [0.25, 0.3) is 0 Å². The summed E-state index contributed by atoms with van der Waals surface area (Å²) in [6.07, 6.45) is 3.81. The topological polar surface area (TPSA) is 106 Å². The molecule has 2 aliphatic rings. The van der Waals surface area contributed by atoms with Gasteiger partial charge < -0.3 is 15.7 Å². The van der Waals surface area contributed by atoms with Crippen LogP contribution in [0.15, 0.2) is 32.6 Å². The van der Waals surface area contributed by atoms with Gasteiger partial charge in [0.2, 0.25) is 5.96 Å². The molecule has 1 aromatic rings. The molecule has 2 aliphatic heterocycles. The molecule has 1 spiro atoms. The maximum atomic E-state index is 12.6. The number of nitrogens with one attached hydrogen (secondary N) is 2. The lowest BCUT2D eigenvalue weighted by Gasteiger charge is -2.32. The number of piperidine rings is 1. The van der Waals surface area contributed by atoms with E-state index in [0.29, 0.717) is 13.1 Å². The molecule has 26 heavy (non-hydrogen) atoms. The molecule has 3 N–H and O–H groups in total. The van der Waals surface area contributed by atoms with Gasteiger partial charge in [-0.05, 0) is 51.1 Å². The molecule has 0 atom stereocenters. The fourth-order valence-electron chi connectivity index (χ4n) is 3.06. The molecule has 0 aromatic heterocycles. The van der Waals surface area contributed by atoms with Crippen molar-refractivity contribution in [2.45, 2.75) is 24.7 Å². The van der Waals surface area contributed by atoms with Crippen LogP contribution in [0.3, 0.4) is 0 Å². The van der Waals surface area contributed by atoms with Gasteiger partial charge in [0.25, 0.3) is 10.0 Å². The third-order valence-corrected chi connectivity index (χ3v) is 6.10. The van der Waals surface area contributed by atoms with E-state index < -0.39 is 10.0 Å². The number of rotatable bonds is 3. The minimum absolute atomic E-state index is 0.0425. The molecular formula is C16H22ClN5O3S. The second kappa shape index (κ2) is 7.42. The van der Waals surface area contributed by atoms with Crippen molar-refractivity contribution in [1.82, 2.24) is 15.6 Å². The van der Waals surface area contributed by atoms with Crippen molar-refractivity contribution in [1.29, 1.82) is 0 Å². The van der Waals surface area contributed by atoms with Crippen molar-refractivity contribution in [2.24, 2.45) is 14.9 Å². The monoisotopic (exact) mass is 399 g/mol. The Labute approximate surface area is 158 Å². The van der Waals surface area contributed by atoms with Crippen molar-refractivity contribution in [3.8, 4) is 5.75 Å². The minimum Gasteiger partial charge on any atom is -0.506 e. The number of sulfonamides is 1. The summed E-state index contributed by atoms with van der Waals surface area (Å²) in [6.45, 7) is 4.78. The summed E-state index contributed by atoms with van der Waals surface area (Å²) in [7, 11) is -4.00. The predicted octanol–water partition coefficient (Wildman–Crippen LogP) is 1.37. The molecule has 1 fully saturated rings. The number of hydrogen-bond donors (Lipinski definition) is 3. The summed E-state index contributed by atoms with van der Waals surface area (Å²) < 4.78 is 29.2. The Hall–Kier alpha value is -1.84. The molecule has 0 saturated carbocycles. The van der Waals surface area contributed by atoms with Crippen LogP contribution in [0.2, 0.25) is 5.02 Å². The average molecular weight is 400 g/mol. The predicted molar refractivity (Wildman–Crippen MR) is 101 cm³/mol. The van der Waals surface area contributed by atoms with Crippen molar-refractivity contribution >= 4 is 33.8 Å². The maximum Gasteiger partial charge on any atom is 0.285 e. The molecule has 0 aliphatic carbocycles. The van der Waals surface area contributed by atoms with E-state index in [4.69, 9.17) is 11.6 Å². The highest BCUT2D eigenvalue weighted by Gasteiger charge is 2.38. The number of aromatic hydroxyl groups is 1. The van der Waals surface area contributed by atoms with Gasteiger partial charge in [-0.25, -0.2) is 5.01 Å². The first-order valence-corrected chi connectivity index (χ1v) is 10.3. The number of halogens is 1. The van der Waals surface area contributed by atoms with Crippen LogP contribution in [0, 0.1) is 5.41 Å². The van der Waals surface area contributed by atoms with Crippen molar-refractivity contribution in [3.05, 3.63) is 23.2 Å². The molecule has 2 heterocycles. The van der Waals surface area contributed by atoms with Gasteiger partial charge in [-0.1, -0.05) is 11.6 Å². The molecule has 142 valence electrons. The first-order chi connectivity index (χ1) is 12.4. The Bertz CT molecular complexity index is 834. The molecule has 3 rings (SSSR count). The van der Waals surface area contributed by atoms with Gasteiger partial charge in [-0.15, -0.1) is 4.40 Å². The highest BCUT2D eigenvalue weighted by molar-refractivity contribution is 7.90. The fourth-order valence-corrected chi connectivity index (χ4v) is 4.30. The van der Waals surface area contributed by atoms with Crippen LogP contribution in [-0.4, -0.2) is 56.9 Å². The molecule has 10 heteroatoms. The zero-order valence-corrected chi connectivity index (χ0v) is 16.0. The van der Waals surface area contributed by atoms with E-state index in [1.807, 2.05) is 13.1 Å². The smallest absolute Gasteiger partial charge is 0.285 e. The standard InChI is InChI=1S/C16H22ClN5O3S/c1-2-19-15(22-11-16(10-20-22)5-7-18-8-6-16)21-26(24,25)12-3-4-14(23)13(17)9-12/h3-4,9-10,18,23H,2,5-8,11H2,1H3,(H,19,21). The third-order valence-electron chi connectivity index (χ3n) is 4.54. The van der Waals surface area contributed by atoms with E-state index in [-0.39, 0.29) is 27.0 Å². The number of nitrogens with zero attached hydrogens (tertiary/aromatic N) is 3. The van der Waals surface area contributed by atoms with Crippen LogP contribution in [0.5, 0.6) is 5.75 Å². The molecule has 0 bridgehead atoms. The molecule has 8 nitrogen and oxygen atoms in total. The lowest BCUT2D eigenvalue weighted by Crippen LogP contribution is -2.44. The Kier molecular flexibility index (Phi) is 5.40. The van der Waals surface area contributed by atoms with Crippen molar-refractivity contribution < 1.29 is 13.5 Å². The normalized spacial score (nSPS) is 19.9. The largest absolute Gasteiger partial charge is 0.506 e. The van der Waals surface area contributed by atoms with Crippen LogP contribution >= 0.6 is 11.6 Å². The van der Waals surface area contributed by atoms with E-state index in [2.05, 4.69) is 20.1 Å². The number of phenols is 1. The summed E-state index contributed by atoms with van der Waals surface area (Å²) in [6, 6.07) is 3.68. The van der Waals surface area contributed by atoms with Crippen LogP contribution in [-0.2, 0) is 10.0 Å².